The molecule has 18 heavy (non-hydrogen) atoms. The lowest BCUT2D eigenvalue weighted by Crippen LogP contribution is -2.29. The van der Waals surface area contributed by atoms with E-state index in [2.05, 4.69) is 0 Å². The van der Waals surface area contributed by atoms with Crippen molar-refractivity contribution in [1.29, 1.82) is 0 Å². The molecular formula is C14H13BO3. The highest BCUT2D eigenvalue weighted by Crippen LogP contribution is 2.13. The van der Waals surface area contributed by atoms with Gasteiger partial charge in [-0.2, -0.15) is 0 Å². The molecule has 0 saturated heterocycles. The lowest BCUT2D eigenvalue weighted by Gasteiger charge is -1.99. The molecule has 0 heterocycles. The Morgan fingerprint density at radius 1 is 0.833 bits per heavy atom. The molecule has 3 N–H and O–H groups in total. The van der Waals surface area contributed by atoms with E-state index in [1.807, 2.05) is 18.2 Å². The van der Waals surface area contributed by atoms with Crippen LogP contribution in [0.25, 0.3) is 12.2 Å². The number of hydrogen-bond acceptors (Lipinski definition) is 3. The molecular weight excluding hydrogens is 227 g/mol. The third-order valence-corrected chi connectivity index (χ3v) is 2.57. The second kappa shape index (κ2) is 5.53. The second-order valence-electron chi connectivity index (χ2n) is 3.97. The highest BCUT2D eigenvalue weighted by Gasteiger charge is 2.08. The zero-order chi connectivity index (χ0) is 13.0. The van der Waals surface area contributed by atoms with E-state index in [-0.39, 0.29) is 5.75 Å². The maximum atomic E-state index is 9.32. The number of phenols is 1. The third-order valence-electron chi connectivity index (χ3n) is 2.57. The largest absolute Gasteiger partial charge is 0.508 e. The molecule has 2 rings (SSSR count). The first-order valence-corrected chi connectivity index (χ1v) is 5.58. The van der Waals surface area contributed by atoms with Crippen LogP contribution < -0.4 is 5.46 Å². The molecule has 2 aromatic carbocycles. The first-order chi connectivity index (χ1) is 8.65. The summed E-state index contributed by atoms with van der Waals surface area (Å²) in [5.74, 6) is 0.232. The van der Waals surface area contributed by atoms with Crippen LogP contribution in [-0.2, 0) is 0 Å². The van der Waals surface area contributed by atoms with Crippen LogP contribution in [0.2, 0.25) is 0 Å². The molecule has 0 spiro atoms. The third kappa shape index (κ3) is 3.23. The van der Waals surface area contributed by atoms with Gasteiger partial charge in [-0.3, -0.25) is 0 Å². The standard InChI is InChI=1S/C14H13BO3/c16-14-3-1-2-12(10-14)5-4-11-6-8-13(9-7-11)15(17)18/h1-10,16-18H/b5-4+. The van der Waals surface area contributed by atoms with Gasteiger partial charge in [0.2, 0.25) is 0 Å². The summed E-state index contributed by atoms with van der Waals surface area (Å²) in [6, 6.07) is 13.9. The van der Waals surface area contributed by atoms with Crippen molar-refractivity contribution in [2.75, 3.05) is 0 Å². The van der Waals surface area contributed by atoms with Gasteiger partial charge < -0.3 is 15.2 Å². The van der Waals surface area contributed by atoms with E-state index in [0.717, 1.165) is 11.1 Å². The number of phenolic OH excluding ortho intramolecular Hbond substituents is 1. The molecule has 2 aromatic rings. The molecule has 0 unspecified atom stereocenters. The minimum Gasteiger partial charge on any atom is -0.508 e. The van der Waals surface area contributed by atoms with Gasteiger partial charge in [-0.15, -0.1) is 0 Å². The fourth-order valence-electron chi connectivity index (χ4n) is 1.60. The fourth-order valence-corrected chi connectivity index (χ4v) is 1.60. The van der Waals surface area contributed by atoms with Crippen molar-refractivity contribution < 1.29 is 15.2 Å². The minimum absolute atomic E-state index is 0.232. The van der Waals surface area contributed by atoms with Gasteiger partial charge >= 0.3 is 7.12 Å². The Morgan fingerprint density at radius 3 is 2.11 bits per heavy atom. The maximum Gasteiger partial charge on any atom is 0.488 e. The van der Waals surface area contributed by atoms with Crippen LogP contribution in [-0.4, -0.2) is 22.3 Å². The summed E-state index contributed by atoms with van der Waals surface area (Å²) in [5.41, 5.74) is 2.31. The first-order valence-electron chi connectivity index (χ1n) is 5.58. The summed E-state index contributed by atoms with van der Waals surface area (Å²) < 4.78 is 0. The molecule has 3 nitrogen and oxygen atoms in total. The van der Waals surface area contributed by atoms with Gasteiger partial charge in [-0.25, -0.2) is 0 Å². The Balaban J connectivity index is 2.14. The van der Waals surface area contributed by atoms with Crippen LogP contribution in [0.5, 0.6) is 5.75 Å². The zero-order valence-corrected chi connectivity index (χ0v) is 9.69. The average molecular weight is 240 g/mol. The second-order valence-corrected chi connectivity index (χ2v) is 3.97. The average Bonchev–Trinajstić information content (AvgIpc) is 2.37. The monoisotopic (exact) mass is 240 g/mol. The topological polar surface area (TPSA) is 60.7 Å². The highest BCUT2D eigenvalue weighted by atomic mass is 16.4. The quantitative estimate of drug-likeness (QED) is 0.558. The zero-order valence-electron chi connectivity index (χ0n) is 9.69. The molecule has 0 aliphatic rings. The van der Waals surface area contributed by atoms with Gasteiger partial charge in [-0.1, -0.05) is 48.6 Å². The molecule has 0 bridgehead atoms. The summed E-state index contributed by atoms with van der Waals surface area (Å²) in [6.07, 6.45) is 3.77. The van der Waals surface area contributed by atoms with Gasteiger partial charge in [0, 0.05) is 0 Å². The van der Waals surface area contributed by atoms with E-state index in [0.29, 0.717) is 5.46 Å². The summed E-state index contributed by atoms with van der Waals surface area (Å²) in [5, 5.41) is 27.2. The van der Waals surface area contributed by atoms with Gasteiger partial charge in [0.1, 0.15) is 5.75 Å². The fraction of sp³-hybridized carbons (Fsp3) is 0. The summed E-state index contributed by atoms with van der Waals surface area (Å²) in [4.78, 5) is 0. The molecule has 0 aliphatic carbocycles. The van der Waals surface area contributed by atoms with Crippen LogP contribution in [0.4, 0.5) is 0 Å². The van der Waals surface area contributed by atoms with Crippen LogP contribution in [0.1, 0.15) is 11.1 Å². The van der Waals surface area contributed by atoms with Crippen LogP contribution in [0.15, 0.2) is 48.5 Å². The number of aromatic hydroxyl groups is 1. The smallest absolute Gasteiger partial charge is 0.488 e. The van der Waals surface area contributed by atoms with Gasteiger partial charge in [0.15, 0.2) is 0 Å². The van der Waals surface area contributed by atoms with Crippen LogP contribution in [0, 0.1) is 0 Å². The summed E-state index contributed by atoms with van der Waals surface area (Å²) in [6.45, 7) is 0. The Kier molecular flexibility index (Phi) is 3.82. The number of hydrogen-bond donors (Lipinski definition) is 3. The highest BCUT2D eigenvalue weighted by molar-refractivity contribution is 6.58. The molecule has 90 valence electrons. The van der Waals surface area contributed by atoms with E-state index in [4.69, 9.17) is 10.0 Å². The Labute approximate surface area is 106 Å². The van der Waals surface area contributed by atoms with E-state index in [1.54, 1.807) is 42.5 Å². The van der Waals surface area contributed by atoms with Crippen molar-refractivity contribution in [1.82, 2.24) is 0 Å². The van der Waals surface area contributed by atoms with E-state index < -0.39 is 7.12 Å². The first kappa shape index (κ1) is 12.4. The molecule has 4 heteroatoms. The van der Waals surface area contributed by atoms with Gasteiger partial charge in [-0.05, 0) is 28.7 Å². The van der Waals surface area contributed by atoms with Crippen LogP contribution >= 0.6 is 0 Å². The molecule has 0 fully saturated rings. The Bertz CT molecular complexity index is 547. The van der Waals surface area contributed by atoms with Crippen molar-refractivity contribution >= 4 is 24.7 Å². The minimum atomic E-state index is -1.44. The normalized spacial score (nSPS) is 10.8. The maximum absolute atomic E-state index is 9.32. The molecule has 0 aliphatic heterocycles. The lowest BCUT2D eigenvalue weighted by molar-refractivity contribution is 0.426. The predicted octanol–water partition coefficient (Wildman–Crippen LogP) is 1.24. The van der Waals surface area contributed by atoms with Crippen molar-refractivity contribution in [2.24, 2.45) is 0 Å². The molecule has 0 saturated carbocycles. The van der Waals surface area contributed by atoms with Crippen molar-refractivity contribution in [2.45, 2.75) is 0 Å². The van der Waals surface area contributed by atoms with Gasteiger partial charge in [0.05, 0.1) is 0 Å². The summed E-state index contributed by atoms with van der Waals surface area (Å²) in [7, 11) is -1.44. The number of benzene rings is 2. The van der Waals surface area contributed by atoms with Crippen LogP contribution in [0.3, 0.4) is 0 Å². The van der Waals surface area contributed by atoms with Crippen molar-refractivity contribution in [3.63, 3.8) is 0 Å². The molecule has 0 aromatic heterocycles. The number of rotatable bonds is 3. The van der Waals surface area contributed by atoms with Crippen molar-refractivity contribution in [3.05, 3.63) is 59.7 Å². The van der Waals surface area contributed by atoms with Gasteiger partial charge in [0.25, 0.3) is 0 Å². The molecule has 0 radical (unpaired) electrons. The SMILES string of the molecule is OB(O)c1ccc(/C=C/c2cccc(O)c2)cc1. The lowest BCUT2D eigenvalue weighted by atomic mass is 9.80. The Hall–Kier alpha value is -2.04. The molecule has 0 amide bonds. The van der Waals surface area contributed by atoms with E-state index in [9.17, 15) is 5.11 Å². The predicted molar refractivity (Wildman–Crippen MR) is 73.3 cm³/mol. The van der Waals surface area contributed by atoms with Crippen molar-refractivity contribution in [3.8, 4) is 5.75 Å². The Morgan fingerprint density at radius 2 is 1.50 bits per heavy atom. The van der Waals surface area contributed by atoms with E-state index in [1.165, 1.54) is 0 Å². The summed E-state index contributed by atoms with van der Waals surface area (Å²) >= 11 is 0. The molecule has 0 atom stereocenters. The van der Waals surface area contributed by atoms with E-state index >= 15 is 0 Å².